The van der Waals surface area contributed by atoms with Gasteiger partial charge in [0, 0.05) is 26.6 Å². The third-order valence-electron chi connectivity index (χ3n) is 3.29. The average molecular weight is 283 g/mol. The third-order valence-corrected chi connectivity index (χ3v) is 3.29. The molecule has 0 heterocycles. The van der Waals surface area contributed by atoms with Gasteiger partial charge >= 0.3 is 12.0 Å². The summed E-state index contributed by atoms with van der Waals surface area (Å²) in [6.07, 6.45) is 2.50. The summed E-state index contributed by atoms with van der Waals surface area (Å²) in [4.78, 5) is 23.8. The number of carbonyl (C=O) groups excluding carboxylic acids is 1. The van der Waals surface area contributed by atoms with Gasteiger partial charge in [-0.15, -0.1) is 0 Å². The number of urea groups is 1. The van der Waals surface area contributed by atoms with Crippen molar-refractivity contribution in [2.24, 2.45) is 11.8 Å². The van der Waals surface area contributed by atoms with E-state index in [4.69, 9.17) is 10.4 Å². The maximum absolute atomic E-state index is 11.7. The molecule has 0 spiro atoms. The Morgan fingerprint density at radius 1 is 1.40 bits per heavy atom. The fraction of sp³-hybridized carbons (Fsp3) is 0.786. The van der Waals surface area contributed by atoms with E-state index < -0.39 is 5.97 Å². The van der Waals surface area contributed by atoms with E-state index >= 15 is 0 Å². The molecule has 6 nitrogen and oxygen atoms in total. The first-order chi connectivity index (χ1) is 9.40. The molecule has 0 bridgehead atoms. The molecular formula is C14H25N3O3. The minimum atomic E-state index is -0.780. The summed E-state index contributed by atoms with van der Waals surface area (Å²) in [6, 6.07) is 1.89. The van der Waals surface area contributed by atoms with Gasteiger partial charge in [-0.05, 0) is 25.7 Å². The van der Waals surface area contributed by atoms with Crippen molar-refractivity contribution in [1.82, 2.24) is 10.2 Å². The van der Waals surface area contributed by atoms with Crippen LogP contribution in [0.1, 0.15) is 39.5 Å². The number of amides is 2. The molecule has 20 heavy (non-hydrogen) atoms. The summed E-state index contributed by atoms with van der Waals surface area (Å²) >= 11 is 0. The van der Waals surface area contributed by atoms with Gasteiger partial charge in [0.15, 0.2) is 0 Å². The van der Waals surface area contributed by atoms with E-state index in [1.807, 2.05) is 6.92 Å². The van der Waals surface area contributed by atoms with Gasteiger partial charge in [0.2, 0.25) is 0 Å². The molecular weight excluding hydrogens is 258 g/mol. The molecule has 0 rings (SSSR count). The summed E-state index contributed by atoms with van der Waals surface area (Å²) in [5.74, 6) is -0.655. The molecule has 0 aliphatic rings. The molecule has 0 aliphatic heterocycles. The molecule has 0 saturated heterocycles. The standard InChI is InChI=1S/C14H25N3O3/c1-4-12(5-6-13(18)19)7-8-16-14(20)17(3)10-11(2)9-15/h11-12H,4-8,10H2,1-3H3,(H,16,20)(H,18,19). The monoisotopic (exact) mass is 283 g/mol. The molecule has 0 aromatic carbocycles. The SMILES string of the molecule is CCC(CCNC(=O)N(C)CC(C)C#N)CCC(=O)O. The first-order valence-corrected chi connectivity index (χ1v) is 7.01. The minimum absolute atomic E-state index is 0.173. The first-order valence-electron chi connectivity index (χ1n) is 7.01. The number of carboxylic acids is 1. The van der Waals surface area contributed by atoms with E-state index in [0.717, 1.165) is 12.8 Å². The van der Waals surface area contributed by atoms with Crippen LogP contribution in [0.5, 0.6) is 0 Å². The Morgan fingerprint density at radius 2 is 2.05 bits per heavy atom. The number of carbonyl (C=O) groups is 2. The maximum Gasteiger partial charge on any atom is 0.317 e. The van der Waals surface area contributed by atoms with Gasteiger partial charge in [0.25, 0.3) is 0 Å². The average Bonchev–Trinajstić information content (AvgIpc) is 2.41. The predicted octanol–water partition coefficient (Wildman–Crippen LogP) is 2.07. The van der Waals surface area contributed by atoms with Crippen molar-refractivity contribution in [3.8, 4) is 6.07 Å². The van der Waals surface area contributed by atoms with E-state index in [2.05, 4.69) is 11.4 Å². The molecule has 0 aromatic rings. The molecule has 0 saturated carbocycles. The van der Waals surface area contributed by atoms with Crippen LogP contribution >= 0.6 is 0 Å². The Labute approximate surface area is 120 Å². The van der Waals surface area contributed by atoms with Crippen LogP contribution in [0, 0.1) is 23.2 Å². The van der Waals surface area contributed by atoms with E-state index in [0.29, 0.717) is 25.4 Å². The summed E-state index contributed by atoms with van der Waals surface area (Å²) in [6.45, 7) is 4.72. The molecule has 0 fully saturated rings. The van der Waals surface area contributed by atoms with Crippen molar-refractivity contribution < 1.29 is 14.7 Å². The van der Waals surface area contributed by atoms with Crippen LogP contribution in [-0.2, 0) is 4.79 Å². The highest BCUT2D eigenvalue weighted by molar-refractivity contribution is 5.73. The normalized spacial score (nSPS) is 13.1. The largest absolute Gasteiger partial charge is 0.481 e. The highest BCUT2D eigenvalue weighted by Crippen LogP contribution is 2.14. The fourth-order valence-corrected chi connectivity index (χ4v) is 1.93. The second-order valence-electron chi connectivity index (χ2n) is 5.14. The van der Waals surface area contributed by atoms with Crippen molar-refractivity contribution in [3.05, 3.63) is 0 Å². The van der Waals surface area contributed by atoms with Crippen LogP contribution in [0.4, 0.5) is 4.79 Å². The van der Waals surface area contributed by atoms with Crippen LogP contribution in [0.2, 0.25) is 0 Å². The van der Waals surface area contributed by atoms with Crippen molar-refractivity contribution in [2.75, 3.05) is 20.1 Å². The number of hydrogen-bond donors (Lipinski definition) is 2. The predicted molar refractivity (Wildman–Crippen MR) is 76.1 cm³/mol. The molecule has 0 aromatic heterocycles. The lowest BCUT2D eigenvalue weighted by Crippen LogP contribution is -2.40. The minimum Gasteiger partial charge on any atom is -0.481 e. The second kappa shape index (κ2) is 10.1. The van der Waals surface area contributed by atoms with Crippen molar-refractivity contribution >= 4 is 12.0 Å². The Kier molecular flexibility index (Phi) is 9.18. The van der Waals surface area contributed by atoms with Crippen molar-refractivity contribution in [1.29, 1.82) is 5.26 Å². The van der Waals surface area contributed by atoms with Crippen LogP contribution in [-0.4, -0.2) is 42.1 Å². The quantitative estimate of drug-likeness (QED) is 0.677. The van der Waals surface area contributed by atoms with Gasteiger partial charge in [-0.2, -0.15) is 5.26 Å². The lowest BCUT2D eigenvalue weighted by Gasteiger charge is -2.20. The van der Waals surface area contributed by atoms with Gasteiger partial charge < -0.3 is 15.3 Å². The molecule has 2 atom stereocenters. The van der Waals surface area contributed by atoms with Gasteiger partial charge in [0.1, 0.15) is 0 Å². The van der Waals surface area contributed by atoms with Gasteiger partial charge in [-0.1, -0.05) is 13.3 Å². The zero-order chi connectivity index (χ0) is 15.5. The fourth-order valence-electron chi connectivity index (χ4n) is 1.93. The van der Waals surface area contributed by atoms with E-state index in [-0.39, 0.29) is 18.4 Å². The summed E-state index contributed by atoms with van der Waals surface area (Å²) in [7, 11) is 1.66. The van der Waals surface area contributed by atoms with Crippen LogP contribution in [0.25, 0.3) is 0 Å². The topological polar surface area (TPSA) is 93.4 Å². The highest BCUT2D eigenvalue weighted by atomic mass is 16.4. The zero-order valence-corrected chi connectivity index (χ0v) is 12.6. The number of nitrogens with one attached hydrogen (secondary N) is 1. The van der Waals surface area contributed by atoms with Gasteiger partial charge in [-0.25, -0.2) is 4.79 Å². The number of aliphatic carboxylic acids is 1. The summed E-state index contributed by atoms with van der Waals surface area (Å²) in [5, 5.41) is 20.1. The number of hydrogen-bond acceptors (Lipinski definition) is 3. The number of carboxylic acid groups (broad SMARTS) is 1. The van der Waals surface area contributed by atoms with Gasteiger partial charge in [-0.3, -0.25) is 4.79 Å². The Hall–Kier alpha value is -1.77. The smallest absolute Gasteiger partial charge is 0.317 e. The highest BCUT2D eigenvalue weighted by Gasteiger charge is 2.13. The molecule has 0 radical (unpaired) electrons. The molecule has 0 aliphatic carbocycles. The van der Waals surface area contributed by atoms with Crippen LogP contribution < -0.4 is 5.32 Å². The molecule has 114 valence electrons. The Balaban J connectivity index is 3.94. The molecule has 2 N–H and O–H groups in total. The van der Waals surface area contributed by atoms with Crippen LogP contribution in [0.3, 0.4) is 0 Å². The number of rotatable bonds is 9. The number of nitrogens with zero attached hydrogens (tertiary/aromatic N) is 2. The van der Waals surface area contributed by atoms with E-state index in [9.17, 15) is 9.59 Å². The Morgan fingerprint density at radius 3 is 2.55 bits per heavy atom. The van der Waals surface area contributed by atoms with Crippen molar-refractivity contribution in [3.63, 3.8) is 0 Å². The third kappa shape index (κ3) is 8.35. The summed E-state index contributed by atoms with van der Waals surface area (Å²) < 4.78 is 0. The van der Waals surface area contributed by atoms with Gasteiger partial charge in [0.05, 0.1) is 12.0 Å². The first kappa shape index (κ1) is 18.2. The maximum atomic E-state index is 11.7. The lowest BCUT2D eigenvalue weighted by atomic mass is 9.97. The van der Waals surface area contributed by atoms with E-state index in [1.54, 1.807) is 14.0 Å². The van der Waals surface area contributed by atoms with Crippen molar-refractivity contribution in [2.45, 2.75) is 39.5 Å². The summed E-state index contributed by atoms with van der Waals surface area (Å²) in [5.41, 5.74) is 0. The lowest BCUT2D eigenvalue weighted by molar-refractivity contribution is -0.137. The molecule has 2 amide bonds. The molecule has 6 heteroatoms. The second-order valence-corrected chi connectivity index (χ2v) is 5.14. The number of nitriles is 1. The zero-order valence-electron chi connectivity index (χ0n) is 12.6. The Bertz CT molecular complexity index is 352. The molecule has 2 unspecified atom stereocenters. The van der Waals surface area contributed by atoms with Crippen LogP contribution in [0.15, 0.2) is 0 Å². The van der Waals surface area contributed by atoms with E-state index in [1.165, 1.54) is 4.90 Å².